The van der Waals surface area contributed by atoms with Gasteiger partial charge in [-0.15, -0.1) is 11.3 Å². The van der Waals surface area contributed by atoms with E-state index in [0.29, 0.717) is 0 Å². The van der Waals surface area contributed by atoms with Gasteiger partial charge >= 0.3 is 0 Å². The fourth-order valence-corrected chi connectivity index (χ4v) is 5.15. The van der Waals surface area contributed by atoms with E-state index in [1.165, 1.54) is 23.3 Å². The monoisotopic (exact) mass is 307 g/mol. The zero-order valence-electron chi connectivity index (χ0n) is 11.1. The van der Waals surface area contributed by atoms with Gasteiger partial charge in [0.1, 0.15) is 5.00 Å². The third kappa shape index (κ3) is 3.22. The molecule has 1 N–H and O–H groups in total. The number of thiophene rings is 1. The Balaban J connectivity index is 1.74. The SMILES string of the molecule is O=S(=O)(Cc1ccccc1)Nc1cc2c(s1)CCCC2. The van der Waals surface area contributed by atoms with Gasteiger partial charge in [-0.2, -0.15) is 0 Å². The second kappa shape index (κ2) is 5.58. The van der Waals surface area contributed by atoms with E-state index in [9.17, 15) is 8.42 Å². The first-order valence-electron chi connectivity index (χ1n) is 6.78. The Morgan fingerprint density at radius 3 is 2.60 bits per heavy atom. The molecule has 0 atom stereocenters. The van der Waals surface area contributed by atoms with Crippen molar-refractivity contribution in [2.24, 2.45) is 0 Å². The average Bonchev–Trinajstić information content (AvgIpc) is 2.80. The van der Waals surface area contributed by atoms with Gasteiger partial charge in [-0.05, 0) is 42.9 Å². The van der Waals surface area contributed by atoms with Crippen LogP contribution >= 0.6 is 11.3 Å². The lowest BCUT2D eigenvalue weighted by atomic mass is 10.00. The molecule has 0 unspecified atom stereocenters. The topological polar surface area (TPSA) is 46.2 Å². The van der Waals surface area contributed by atoms with E-state index in [1.807, 2.05) is 36.4 Å². The molecule has 2 aromatic rings. The summed E-state index contributed by atoms with van der Waals surface area (Å²) in [5, 5.41) is 0.757. The highest BCUT2D eigenvalue weighted by Crippen LogP contribution is 2.33. The summed E-state index contributed by atoms with van der Waals surface area (Å²) in [5.74, 6) is 0.0242. The molecule has 1 aromatic carbocycles. The minimum Gasteiger partial charge on any atom is -0.274 e. The molecule has 1 heterocycles. The molecule has 0 amide bonds. The lowest BCUT2D eigenvalue weighted by Gasteiger charge is -2.08. The summed E-state index contributed by atoms with van der Waals surface area (Å²) in [4.78, 5) is 1.34. The minimum atomic E-state index is -3.33. The Hall–Kier alpha value is -1.33. The molecule has 106 valence electrons. The van der Waals surface area contributed by atoms with Crippen LogP contribution in [-0.4, -0.2) is 8.42 Å². The van der Waals surface area contributed by atoms with Gasteiger partial charge in [0, 0.05) is 4.88 Å². The van der Waals surface area contributed by atoms with Crippen LogP contribution in [0.15, 0.2) is 36.4 Å². The molecule has 3 nitrogen and oxygen atoms in total. The van der Waals surface area contributed by atoms with Gasteiger partial charge in [0.2, 0.25) is 10.0 Å². The highest BCUT2D eigenvalue weighted by Gasteiger charge is 2.17. The third-order valence-electron chi connectivity index (χ3n) is 3.45. The van der Waals surface area contributed by atoms with E-state index in [2.05, 4.69) is 4.72 Å². The number of aryl methyl sites for hydroxylation is 2. The van der Waals surface area contributed by atoms with Gasteiger partial charge in [-0.25, -0.2) is 8.42 Å². The largest absolute Gasteiger partial charge is 0.274 e. The van der Waals surface area contributed by atoms with Crippen LogP contribution in [0, 0.1) is 0 Å². The number of fused-ring (bicyclic) bond motifs is 1. The molecule has 1 aromatic heterocycles. The lowest BCUT2D eigenvalue weighted by Crippen LogP contribution is -2.14. The van der Waals surface area contributed by atoms with Gasteiger partial charge < -0.3 is 0 Å². The smallest absolute Gasteiger partial charge is 0.237 e. The number of hydrogen-bond acceptors (Lipinski definition) is 3. The normalized spacial score (nSPS) is 14.8. The molecule has 0 bridgehead atoms. The van der Waals surface area contributed by atoms with Crippen molar-refractivity contribution in [3.05, 3.63) is 52.4 Å². The second-order valence-electron chi connectivity index (χ2n) is 5.11. The molecule has 0 radical (unpaired) electrons. The van der Waals surface area contributed by atoms with Crippen molar-refractivity contribution in [2.45, 2.75) is 31.4 Å². The molecular weight excluding hydrogens is 290 g/mol. The summed E-state index contributed by atoms with van der Waals surface area (Å²) in [6, 6.07) is 11.3. The van der Waals surface area contributed by atoms with Gasteiger partial charge in [-0.1, -0.05) is 30.3 Å². The fraction of sp³-hybridized carbons (Fsp3) is 0.333. The molecule has 0 spiro atoms. The van der Waals surface area contributed by atoms with E-state index in [1.54, 1.807) is 11.3 Å². The second-order valence-corrected chi connectivity index (χ2v) is 7.97. The zero-order chi connectivity index (χ0) is 14.0. The summed E-state index contributed by atoms with van der Waals surface area (Å²) < 4.78 is 27.1. The first-order chi connectivity index (χ1) is 9.62. The molecule has 3 rings (SSSR count). The van der Waals surface area contributed by atoms with Crippen molar-refractivity contribution in [1.29, 1.82) is 0 Å². The van der Waals surface area contributed by atoms with Gasteiger partial charge in [-0.3, -0.25) is 4.72 Å². The summed E-state index contributed by atoms with van der Waals surface area (Å²) in [6.45, 7) is 0. The number of rotatable bonds is 4. The molecule has 5 heteroatoms. The summed E-state index contributed by atoms with van der Waals surface area (Å²) in [5.41, 5.74) is 2.12. The van der Waals surface area contributed by atoms with Crippen LogP contribution in [0.5, 0.6) is 0 Å². The molecule has 20 heavy (non-hydrogen) atoms. The van der Waals surface area contributed by atoms with E-state index < -0.39 is 10.0 Å². The van der Waals surface area contributed by atoms with Gasteiger partial charge in [0.05, 0.1) is 5.75 Å². The van der Waals surface area contributed by atoms with Crippen LogP contribution in [-0.2, 0) is 28.6 Å². The average molecular weight is 307 g/mol. The highest BCUT2D eigenvalue weighted by molar-refractivity contribution is 7.92. The Morgan fingerprint density at radius 1 is 1.10 bits per heavy atom. The standard InChI is InChI=1S/C15H17NO2S2/c17-20(18,11-12-6-2-1-3-7-12)16-15-10-13-8-4-5-9-14(13)19-15/h1-3,6-7,10,16H,4-5,8-9,11H2. The maximum Gasteiger partial charge on any atom is 0.237 e. The predicted octanol–water partition coefficient (Wildman–Crippen LogP) is 3.57. The van der Waals surface area contributed by atoms with E-state index >= 15 is 0 Å². The summed E-state index contributed by atoms with van der Waals surface area (Å²) >= 11 is 1.58. The molecule has 0 fully saturated rings. The van der Waals surface area contributed by atoms with Crippen molar-refractivity contribution in [3.8, 4) is 0 Å². The quantitative estimate of drug-likeness (QED) is 0.938. The molecule has 0 saturated heterocycles. The van der Waals surface area contributed by atoms with E-state index in [-0.39, 0.29) is 5.75 Å². The zero-order valence-corrected chi connectivity index (χ0v) is 12.8. The Labute approximate surface area is 123 Å². The molecule has 0 aliphatic heterocycles. The first kappa shape index (κ1) is 13.6. The molecule has 1 aliphatic carbocycles. The van der Waals surface area contributed by atoms with Crippen LogP contribution in [0.25, 0.3) is 0 Å². The van der Waals surface area contributed by atoms with Gasteiger partial charge in [0.15, 0.2) is 0 Å². The van der Waals surface area contributed by atoms with Crippen molar-refractivity contribution in [1.82, 2.24) is 0 Å². The number of anilines is 1. The molecule has 0 saturated carbocycles. The minimum absolute atomic E-state index is 0.0242. The summed E-state index contributed by atoms with van der Waals surface area (Å²) in [6.07, 6.45) is 4.58. The summed E-state index contributed by atoms with van der Waals surface area (Å²) in [7, 11) is -3.33. The Morgan fingerprint density at radius 2 is 1.85 bits per heavy atom. The molecule has 1 aliphatic rings. The third-order valence-corrected chi connectivity index (χ3v) is 5.98. The fourth-order valence-electron chi connectivity index (χ4n) is 2.52. The van der Waals surface area contributed by atoms with Crippen molar-refractivity contribution in [2.75, 3.05) is 4.72 Å². The number of nitrogens with one attached hydrogen (secondary N) is 1. The lowest BCUT2D eigenvalue weighted by molar-refractivity contribution is 0.600. The van der Waals surface area contributed by atoms with E-state index in [4.69, 9.17) is 0 Å². The highest BCUT2D eigenvalue weighted by atomic mass is 32.2. The predicted molar refractivity (Wildman–Crippen MR) is 83.6 cm³/mol. The van der Waals surface area contributed by atoms with Crippen molar-refractivity contribution < 1.29 is 8.42 Å². The number of hydrogen-bond donors (Lipinski definition) is 1. The Bertz CT molecular complexity index is 666. The van der Waals surface area contributed by atoms with Crippen LogP contribution in [0.3, 0.4) is 0 Å². The van der Waals surface area contributed by atoms with E-state index in [0.717, 1.165) is 23.4 Å². The van der Waals surface area contributed by atoms with Crippen LogP contribution in [0.2, 0.25) is 0 Å². The van der Waals surface area contributed by atoms with Crippen molar-refractivity contribution in [3.63, 3.8) is 0 Å². The maximum absolute atomic E-state index is 12.2. The molecular formula is C15H17NO2S2. The number of benzene rings is 1. The Kier molecular flexibility index (Phi) is 3.81. The van der Waals surface area contributed by atoms with Crippen LogP contribution < -0.4 is 4.72 Å². The van der Waals surface area contributed by atoms with Crippen LogP contribution in [0.1, 0.15) is 28.8 Å². The maximum atomic E-state index is 12.2. The van der Waals surface area contributed by atoms with Crippen molar-refractivity contribution >= 4 is 26.4 Å². The van der Waals surface area contributed by atoms with Gasteiger partial charge in [0.25, 0.3) is 0 Å². The first-order valence-corrected chi connectivity index (χ1v) is 9.25. The van der Waals surface area contributed by atoms with Crippen LogP contribution in [0.4, 0.5) is 5.00 Å². The number of sulfonamides is 1.